The smallest absolute Gasteiger partial charge is 0.182 e. The van der Waals surface area contributed by atoms with Gasteiger partial charge >= 0.3 is 0 Å². The Labute approximate surface area is 105 Å². The molecule has 0 bridgehead atoms. The highest BCUT2D eigenvalue weighted by Crippen LogP contribution is 2.16. The lowest BCUT2D eigenvalue weighted by atomic mass is 10.2. The van der Waals surface area contributed by atoms with E-state index in [-0.39, 0.29) is 4.99 Å². The number of rotatable bonds is 2. The zero-order valence-corrected chi connectivity index (χ0v) is 10.7. The summed E-state index contributed by atoms with van der Waals surface area (Å²) >= 11 is 4.97. The normalized spacial score (nSPS) is 10.5. The summed E-state index contributed by atoms with van der Waals surface area (Å²) in [5.74, 6) is 0.578. The highest BCUT2D eigenvalue weighted by atomic mass is 32.1. The van der Waals surface area contributed by atoms with Gasteiger partial charge in [0.05, 0.1) is 5.69 Å². The summed E-state index contributed by atoms with van der Waals surface area (Å²) < 4.78 is 1.73. The Morgan fingerprint density at radius 2 is 1.88 bits per heavy atom. The Kier molecular flexibility index (Phi) is 2.89. The van der Waals surface area contributed by atoms with E-state index in [1.54, 1.807) is 17.1 Å². The first kappa shape index (κ1) is 11.7. The highest BCUT2D eigenvalue weighted by Gasteiger charge is 2.15. The minimum Gasteiger partial charge on any atom is -0.388 e. The Hall–Kier alpha value is -1.82. The molecular formula is C11H13N5S. The van der Waals surface area contributed by atoms with E-state index in [2.05, 4.69) is 15.1 Å². The van der Waals surface area contributed by atoms with Crippen molar-refractivity contribution >= 4 is 17.2 Å². The minimum absolute atomic E-state index is 0.221. The lowest BCUT2D eigenvalue weighted by molar-refractivity contribution is 0.796. The van der Waals surface area contributed by atoms with Crippen LogP contribution in [0.1, 0.15) is 22.6 Å². The van der Waals surface area contributed by atoms with Gasteiger partial charge in [-0.05, 0) is 26.3 Å². The van der Waals surface area contributed by atoms with Crippen LogP contribution >= 0.6 is 12.2 Å². The van der Waals surface area contributed by atoms with Crippen LogP contribution in [-0.2, 0) is 0 Å². The van der Waals surface area contributed by atoms with Crippen LogP contribution in [0, 0.1) is 20.8 Å². The van der Waals surface area contributed by atoms with Crippen LogP contribution in [0.5, 0.6) is 0 Å². The number of hydrogen-bond acceptors (Lipinski definition) is 4. The Balaban J connectivity index is 2.68. The molecule has 0 saturated heterocycles. The quantitative estimate of drug-likeness (QED) is 0.808. The molecule has 2 N–H and O–H groups in total. The van der Waals surface area contributed by atoms with E-state index in [0.29, 0.717) is 11.5 Å². The molecule has 0 aliphatic rings. The first-order chi connectivity index (χ1) is 8.02. The SMILES string of the molecule is Cc1nn(-c2nccnc2C(N)=S)c(C)c1C. The Morgan fingerprint density at radius 1 is 1.24 bits per heavy atom. The summed E-state index contributed by atoms with van der Waals surface area (Å²) in [7, 11) is 0. The molecule has 6 heteroatoms. The predicted molar refractivity (Wildman–Crippen MR) is 69.3 cm³/mol. The van der Waals surface area contributed by atoms with Gasteiger partial charge in [0.25, 0.3) is 0 Å². The van der Waals surface area contributed by atoms with E-state index in [9.17, 15) is 0 Å². The highest BCUT2D eigenvalue weighted by molar-refractivity contribution is 7.80. The van der Waals surface area contributed by atoms with Crippen molar-refractivity contribution in [2.45, 2.75) is 20.8 Å². The van der Waals surface area contributed by atoms with Gasteiger partial charge in [-0.2, -0.15) is 5.10 Å². The fraction of sp³-hybridized carbons (Fsp3) is 0.273. The van der Waals surface area contributed by atoms with Gasteiger partial charge < -0.3 is 5.73 Å². The van der Waals surface area contributed by atoms with Crippen LogP contribution in [0.4, 0.5) is 0 Å². The standard InChI is InChI=1S/C11H13N5S/c1-6-7(2)15-16(8(6)3)11-9(10(12)17)13-4-5-14-11/h4-5H,1-3H3,(H2,12,17). The molecule has 0 aliphatic heterocycles. The number of aryl methyl sites for hydroxylation is 1. The van der Waals surface area contributed by atoms with Crippen LogP contribution in [0.3, 0.4) is 0 Å². The fourth-order valence-corrected chi connectivity index (χ4v) is 1.73. The molecule has 0 saturated carbocycles. The lowest BCUT2D eigenvalue weighted by Crippen LogP contribution is -2.17. The maximum absolute atomic E-state index is 5.63. The number of nitrogens with zero attached hydrogens (tertiary/aromatic N) is 4. The van der Waals surface area contributed by atoms with Crippen LogP contribution in [0.25, 0.3) is 5.82 Å². The van der Waals surface area contributed by atoms with Crippen LogP contribution in [0.15, 0.2) is 12.4 Å². The van der Waals surface area contributed by atoms with Crippen molar-refractivity contribution in [3.8, 4) is 5.82 Å². The van der Waals surface area contributed by atoms with E-state index in [1.807, 2.05) is 20.8 Å². The maximum Gasteiger partial charge on any atom is 0.182 e. The van der Waals surface area contributed by atoms with Crippen molar-refractivity contribution < 1.29 is 0 Å². The summed E-state index contributed by atoms with van der Waals surface area (Å²) in [6.45, 7) is 5.95. The molecule has 0 amide bonds. The molecule has 0 unspecified atom stereocenters. The third-order valence-electron chi connectivity index (χ3n) is 2.77. The molecule has 0 atom stereocenters. The fourth-order valence-electron chi connectivity index (χ4n) is 1.59. The molecule has 2 heterocycles. The number of hydrogen-bond donors (Lipinski definition) is 1. The summed E-state index contributed by atoms with van der Waals surface area (Å²) in [5, 5.41) is 4.42. The van der Waals surface area contributed by atoms with E-state index in [4.69, 9.17) is 18.0 Å². The zero-order valence-electron chi connectivity index (χ0n) is 9.93. The second-order valence-corrected chi connectivity index (χ2v) is 4.24. The molecule has 2 aromatic heterocycles. The van der Waals surface area contributed by atoms with Gasteiger partial charge in [-0.1, -0.05) is 12.2 Å². The first-order valence-electron chi connectivity index (χ1n) is 5.16. The van der Waals surface area contributed by atoms with Gasteiger partial charge in [-0.25, -0.2) is 14.6 Å². The van der Waals surface area contributed by atoms with E-state index in [1.165, 1.54) is 0 Å². The molecule has 2 rings (SSSR count). The Bertz CT molecular complexity index is 588. The first-order valence-corrected chi connectivity index (χ1v) is 5.57. The molecule has 5 nitrogen and oxygen atoms in total. The Morgan fingerprint density at radius 3 is 2.41 bits per heavy atom. The van der Waals surface area contributed by atoms with Crippen LogP contribution < -0.4 is 5.73 Å². The zero-order chi connectivity index (χ0) is 12.6. The van der Waals surface area contributed by atoms with Gasteiger partial charge in [0.15, 0.2) is 5.82 Å². The molecule has 0 aromatic carbocycles. The summed E-state index contributed by atoms with van der Waals surface area (Å²) in [6.07, 6.45) is 3.17. The molecule has 0 radical (unpaired) electrons. The average Bonchev–Trinajstić information content (AvgIpc) is 2.57. The van der Waals surface area contributed by atoms with Crippen LogP contribution in [0.2, 0.25) is 0 Å². The summed E-state index contributed by atoms with van der Waals surface area (Å²) in [6, 6.07) is 0. The van der Waals surface area contributed by atoms with Crippen molar-refractivity contribution in [1.29, 1.82) is 0 Å². The largest absolute Gasteiger partial charge is 0.388 e. The summed E-state index contributed by atoms with van der Waals surface area (Å²) in [5.41, 5.74) is 9.23. The van der Waals surface area contributed by atoms with E-state index < -0.39 is 0 Å². The van der Waals surface area contributed by atoms with Gasteiger partial charge in [0.2, 0.25) is 0 Å². The topological polar surface area (TPSA) is 69.6 Å². The number of aromatic nitrogens is 4. The van der Waals surface area contributed by atoms with Gasteiger partial charge in [0.1, 0.15) is 10.7 Å². The third kappa shape index (κ3) is 1.91. The minimum atomic E-state index is 0.221. The number of nitrogens with two attached hydrogens (primary N) is 1. The van der Waals surface area contributed by atoms with E-state index in [0.717, 1.165) is 17.0 Å². The van der Waals surface area contributed by atoms with Crippen molar-refractivity contribution in [1.82, 2.24) is 19.7 Å². The van der Waals surface area contributed by atoms with Gasteiger partial charge in [0, 0.05) is 18.1 Å². The van der Waals surface area contributed by atoms with Gasteiger partial charge in [-0.3, -0.25) is 0 Å². The lowest BCUT2D eigenvalue weighted by Gasteiger charge is -2.07. The van der Waals surface area contributed by atoms with Crippen molar-refractivity contribution in [2.24, 2.45) is 5.73 Å². The van der Waals surface area contributed by atoms with Crippen molar-refractivity contribution in [3.05, 3.63) is 35.0 Å². The molecular weight excluding hydrogens is 234 g/mol. The molecule has 0 spiro atoms. The average molecular weight is 247 g/mol. The molecule has 0 aliphatic carbocycles. The maximum atomic E-state index is 5.63. The molecule has 2 aromatic rings. The molecule has 88 valence electrons. The third-order valence-corrected chi connectivity index (χ3v) is 2.96. The predicted octanol–water partition coefficient (Wildman–Crippen LogP) is 1.22. The van der Waals surface area contributed by atoms with Crippen molar-refractivity contribution in [3.63, 3.8) is 0 Å². The molecule has 17 heavy (non-hydrogen) atoms. The van der Waals surface area contributed by atoms with Crippen LogP contribution in [-0.4, -0.2) is 24.7 Å². The second kappa shape index (κ2) is 4.21. The monoisotopic (exact) mass is 247 g/mol. The second-order valence-electron chi connectivity index (χ2n) is 3.80. The number of thiocarbonyl (C=S) groups is 1. The summed E-state index contributed by atoms with van der Waals surface area (Å²) in [4.78, 5) is 8.62. The van der Waals surface area contributed by atoms with Crippen molar-refractivity contribution in [2.75, 3.05) is 0 Å². The van der Waals surface area contributed by atoms with E-state index >= 15 is 0 Å². The van der Waals surface area contributed by atoms with Gasteiger partial charge in [-0.15, -0.1) is 0 Å². The molecule has 0 fully saturated rings.